The van der Waals surface area contributed by atoms with Crippen molar-refractivity contribution >= 4 is 11.6 Å². The van der Waals surface area contributed by atoms with Gasteiger partial charge in [-0.2, -0.15) is 13.2 Å². The maximum atomic E-state index is 11.7. The number of rotatable bonds is 7. The summed E-state index contributed by atoms with van der Waals surface area (Å²) in [4.78, 5) is 0. The minimum absolute atomic E-state index is 0.0834. The third kappa shape index (κ3) is 10.1. The van der Waals surface area contributed by atoms with Crippen LogP contribution in [0.2, 0.25) is 0 Å². The van der Waals surface area contributed by atoms with Gasteiger partial charge in [0.05, 0.1) is 12.0 Å². The molecule has 0 radical (unpaired) electrons. The zero-order chi connectivity index (χ0) is 11.0. The molecule has 0 aromatic rings. The van der Waals surface area contributed by atoms with Crippen molar-refractivity contribution in [3.8, 4) is 0 Å². The van der Waals surface area contributed by atoms with Gasteiger partial charge in [0, 0.05) is 20.1 Å². The van der Waals surface area contributed by atoms with E-state index in [4.69, 9.17) is 16.3 Å². The maximum absolute atomic E-state index is 11.7. The van der Waals surface area contributed by atoms with Crippen LogP contribution in [0.1, 0.15) is 12.8 Å². The zero-order valence-electron chi connectivity index (χ0n) is 8.03. The molecular weight excluding hydrogens is 219 g/mol. The Hall–Kier alpha value is -0.0000000000000000555. The second-order valence-corrected chi connectivity index (χ2v) is 3.59. The van der Waals surface area contributed by atoms with Crippen LogP contribution in [0.25, 0.3) is 0 Å². The van der Waals surface area contributed by atoms with Gasteiger partial charge < -0.3 is 10.1 Å². The van der Waals surface area contributed by atoms with Gasteiger partial charge in [-0.05, 0) is 13.0 Å². The van der Waals surface area contributed by atoms with Crippen molar-refractivity contribution < 1.29 is 17.9 Å². The van der Waals surface area contributed by atoms with Gasteiger partial charge in [-0.25, -0.2) is 0 Å². The first-order chi connectivity index (χ1) is 6.45. The number of methoxy groups -OCH3 is 1. The SMILES string of the molecule is COCC(Cl)CNCCCC(F)(F)F. The topological polar surface area (TPSA) is 21.3 Å². The molecule has 0 fully saturated rings. The molecule has 0 aliphatic carbocycles. The van der Waals surface area contributed by atoms with E-state index in [1.165, 1.54) is 7.11 Å². The third-order valence-electron chi connectivity index (χ3n) is 1.53. The molecule has 14 heavy (non-hydrogen) atoms. The number of hydrogen-bond donors (Lipinski definition) is 1. The molecule has 1 N–H and O–H groups in total. The molecule has 0 aromatic carbocycles. The Morgan fingerprint density at radius 3 is 2.57 bits per heavy atom. The van der Waals surface area contributed by atoms with Crippen molar-refractivity contribution in [1.82, 2.24) is 5.32 Å². The minimum atomic E-state index is -4.06. The Bertz CT molecular complexity index is 143. The maximum Gasteiger partial charge on any atom is 0.389 e. The summed E-state index contributed by atoms with van der Waals surface area (Å²) in [6.45, 7) is 1.19. The van der Waals surface area contributed by atoms with Crippen molar-refractivity contribution in [2.24, 2.45) is 0 Å². The van der Waals surface area contributed by atoms with Crippen molar-refractivity contribution in [3.05, 3.63) is 0 Å². The first-order valence-corrected chi connectivity index (χ1v) is 4.80. The standard InChI is InChI=1S/C8H15ClF3NO/c1-14-6-7(9)5-13-4-2-3-8(10,11)12/h7,13H,2-6H2,1H3. The number of hydrogen-bond acceptors (Lipinski definition) is 2. The lowest BCUT2D eigenvalue weighted by Crippen LogP contribution is -2.27. The van der Waals surface area contributed by atoms with Crippen LogP contribution in [-0.2, 0) is 4.74 Å². The molecule has 0 amide bonds. The van der Waals surface area contributed by atoms with Crippen LogP contribution in [0, 0.1) is 0 Å². The summed E-state index contributed by atoms with van der Waals surface area (Å²) >= 11 is 5.74. The fourth-order valence-electron chi connectivity index (χ4n) is 0.912. The highest BCUT2D eigenvalue weighted by Gasteiger charge is 2.25. The molecule has 0 saturated heterocycles. The van der Waals surface area contributed by atoms with Crippen LogP contribution < -0.4 is 5.32 Å². The molecule has 1 atom stereocenters. The van der Waals surface area contributed by atoms with E-state index in [0.717, 1.165) is 0 Å². The molecule has 0 saturated carbocycles. The molecule has 0 rings (SSSR count). The van der Waals surface area contributed by atoms with Gasteiger partial charge in [-0.3, -0.25) is 0 Å². The van der Waals surface area contributed by atoms with Crippen LogP contribution in [0.4, 0.5) is 13.2 Å². The van der Waals surface area contributed by atoms with Crippen LogP contribution >= 0.6 is 11.6 Å². The van der Waals surface area contributed by atoms with Crippen molar-refractivity contribution in [2.45, 2.75) is 24.4 Å². The highest BCUT2D eigenvalue weighted by molar-refractivity contribution is 6.20. The fraction of sp³-hybridized carbons (Fsp3) is 1.00. The van der Waals surface area contributed by atoms with Crippen LogP contribution in [-0.4, -0.2) is 38.4 Å². The minimum Gasteiger partial charge on any atom is -0.383 e. The molecule has 0 aliphatic rings. The van der Waals surface area contributed by atoms with E-state index in [2.05, 4.69) is 5.32 Å². The molecule has 2 nitrogen and oxygen atoms in total. The van der Waals surface area contributed by atoms with Gasteiger partial charge in [0.15, 0.2) is 0 Å². The van der Waals surface area contributed by atoms with Gasteiger partial charge in [0.25, 0.3) is 0 Å². The summed E-state index contributed by atoms with van der Waals surface area (Å²) < 4.78 is 39.8. The summed E-state index contributed by atoms with van der Waals surface area (Å²) in [6, 6.07) is 0. The fourth-order valence-corrected chi connectivity index (χ4v) is 1.15. The molecule has 0 spiro atoms. The number of halogens is 4. The lowest BCUT2D eigenvalue weighted by atomic mass is 10.3. The molecule has 1 unspecified atom stereocenters. The number of nitrogens with one attached hydrogen (secondary N) is 1. The van der Waals surface area contributed by atoms with Crippen molar-refractivity contribution in [3.63, 3.8) is 0 Å². The lowest BCUT2D eigenvalue weighted by Gasteiger charge is -2.10. The van der Waals surface area contributed by atoms with Gasteiger partial charge >= 0.3 is 6.18 Å². The Labute approximate surface area is 86.8 Å². The van der Waals surface area contributed by atoms with Crippen LogP contribution in [0.15, 0.2) is 0 Å². The summed E-state index contributed by atoms with van der Waals surface area (Å²) in [5, 5.41) is 2.64. The van der Waals surface area contributed by atoms with E-state index < -0.39 is 12.6 Å². The summed E-state index contributed by atoms with van der Waals surface area (Å²) in [5.41, 5.74) is 0. The Balaban J connectivity index is 3.21. The van der Waals surface area contributed by atoms with Crippen LogP contribution in [0.5, 0.6) is 0 Å². The highest BCUT2D eigenvalue weighted by atomic mass is 35.5. The smallest absolute Gasteiger partial charge is 0.383 e. The summed E-state index contributed by atoms with van der Waals surface area (Å²) in [6.07, 6.45) is -4.73. The van der Waals surface area contributed by atoms with E-state index in [1.54, 1.807) is 0 Å². The normalized spacial score (nSPS) is 14.4. The van der Waals surface area contributed by atoms with Crippen LogP contribution in [0.3, 0.4) is 0 Å². The molecule has 0 heterocycles. The Morgan fingerprint density at radius 1 is 1.43 bits per heavy atom. The van der Waals surface area contributed by atoms with E-state index in [0.29, 0.717) is 19.7 Å². The number of alkyl halides is 4. The van der Waals surface area contributed by atoms with E-state index in [-0.39, 0.29) is 11.8 Å². The monoisotopic (exact) mass is 233 g/mol. The van der Waals surface area contributed by atoms with E-state index in [1.807, 2.05) is 0 Å². The largest absolute Gasteiger partial charge is 0.389 e. The third-order valence-corrected chi connectivity index (χ3v) is 1.81. The van der Waals surface area contributed by atoms with E-state index >= 15 is 0 Å². The summed E-state index contributed by atoms with van der Waals surface area (Å²) in [5.74, 6) is 0. The first-order valence-electron chi connectivity index (χ1n) is 4.36. The van der Waals surface area contributed by atoms with Gasteiger partial charge in [0.2, 0.25) is 0 Å². The first kappa shape index (κ1) is 14.0. The molecule has 0 bridgehead atoms. The molecular formula is C8H15ClF3NO. The Kier molecular flexibility index (Phi) is 7.31. The average molecular weight is 234 g/mol. The van der Waals surface area contributed by atoms with Gasteiger partial charge in [-0.15, -0.1) is 11.6 Å². The molecule has 0 aromatic heterocycles. The van der Waals surface area contributed by atoms with Gasteiger partial charge in [0.1, 0.15) is 0 Å². The van der Waals surface area contributed by atoms with Crippen molar-refractivity contribution in [2.75, 3.05) is 26.8 Å². The quantitative estimate of drug-likeness (QED) is 0.538. The predicted octanol–water partition coefficient (Wildman–Crippen LogP) is 2.17. The van der Waals surface area contributed by atoms with Crippen molar-refractivity contribution in [1.29, 1.82) is 0 Å². The number of ether oxygens (including phenoxy) is 1. The lowest BCUT2D eigenvalue weighted by molar-refractivity contribution is -0.135. The average Bonchev–Trinajstić information content (AvgIpc) is 2.02. The van der Waals surface area contributed by atoms with Gasteiger partial charge in [-0.1, -0.05) is 0 Å². The second kappa shape index (κ2) is 7.31. The zero-order valence-corrected chi connectivity index (χ0v) is 8.79. The predicted molar refractivity (Wildman–Crippen MR) is 49.7 cm³/mol. The summed E-state index contributed by atoms with van der Waals surface area (Å²) in [7, 11) is 1.53. The highest BCUT2D eigenvalue weighted by Crippen LogP contribution is 2.20. The molecule has 86 valence electrons. The Morgan fingerprint density at radius 2 is 2.07 bits per heavy atom. The molecule has 0 aliphatic heterocycles. The second-order valence-electron chi connectivity index (χ2n) is 2.98. The van der Waals surface area contributed by atoms with E-state index in [9.17, 15) is 13.2 Å². The molecule has 6 heteroatoms.